The van der Waals surface area contributed by atoms with Crippen LogP contribution in [0.1, 0.15) is 29.0 Å². The molecule has 0 saturated carbocycles. The molecule has 136 valence electrons. The summed E-state index contributed by atoms with van der Waals surface area (Å²) in [5.41, 5.74) is 6.11. The van der Waals surface area contributed by atoms with E-state index in [1.54, 1.807) is 6.20 Å². The zero-order chi connectivity index (χ0) is 17.6. The molecule has 8 heteroatoms. The van der Waals surface area contributed by atoms with E-state index in [4.69, 9.17) is 10.5 Å². The van der Waals surface area contributed by atoms with E-state index in [2.05, 4.69) is 15.3 Å². The van der Waals surface area contributed by atoms with Crippen LogP contribution >= 0.6 is 0 Å². The lowest BCUT2D eigenvalue weighted by Gasteiger charge is -2.30. The number of ether oxygens (including phenoxy) is 1. The van der Waals surface area contributed by atoms with Crippen LogP contribution in [0, 0.1) is 11.8 Å². The van der Waals surface area contributed by atoms with E-state index >= 15 is 0 Å². The Morgan fingerprint density at radius 2 is 2.08 bits per heavy atom. The molecule has 1 aromatic rings. The first-order chi connectivity index (χ1) is 12.1. The summed E-state index contributed by atoms with van der Waals surface area (Å²) >= 11 is 0. The maximum atomic E-state index is 12.8. The summed E-state index contributed by atoms with van der Waals surface area (Å²) < 4.78 is 5.68. The molecule has 0 spiro atoms. The lowest BCUT2D eigenvalue weighted by molar-refractivity contribution is -0.136. The fourth-order valence-electron chi connectivity index (χ4n) is 3.41. The minimum absolute atomic E-state index is 0.120. The Hall–Kier alpha value is -2.06. The number of rotatable bonds is 4. The van der Waals surface area contributed by atoms with Crippen molar-refractivity contribution < 1.29 is 14.3 Å². The molecule has 3 N–H and O–H groups in total. The third kappa shape index (κ3) is 4.73. The van der Waals surface area contributed by atoms with E-state index in [0.717, 1.165) is 31.6 Å². The second-order valence-electron chi connectivity index (χ2n) is 6.71. The van der Waals surface area contributed by atoms with Crippen LogP contribution in [0.25, 0.3) is 0 Å². The van der Waals surface area contributed by atoms with Crippen molar-refractivity contribution in [3.63, 3.8) is 0 Å². The fourth-order valence-corrected chi connectivity index (χ4v) is 3.41. The highest BCUT2D eigenvalue weighted by Gasteiger charge is 2.29. The molecule has 3 heterocycles. The number of nitrogens with two attached hydrogens (primary N) is 1. The van der Waals surface area contributed by atoms with Crippen molar-refractivity contribution in [1.82, 2.24) is 20.2 Å². The number of hydrogen-bond acceptors (Lipinski definition) is 6. The van der Waals surface area contributed by atoms with Crippen LogP contribution in [0.2, 0.25) is 0 Å². The lowest BCUT2D eigenvalue weighted by Crippen LogP contribution is -2.43. The molecular formula is C17H25N5O3. The molecule has 0 aliphatic carbocycles. The third-order valence-corrected chi connectivity index (χ3v) is 4.79. The molecule has 0 unspecified atom stereocenters. The number of primary amides is 1. The van der Waals surface area contributed by atoms with Crippen molar-refractivity contribution >= 4 is 11.8 Å². The van der Waals surface area contributed by atoms with E-state index in [-0.39, 0.29) is 23.4 Å². The predicted molar refractivity (Wildman–Crippen MR) is 90.7 cm³/mol. The van der Waals surface area contributed by atoms with Crippen molar-refractivity contribution in [2.24, 2.45) is 17.6 Å². The summed E-state index contributed by atoms with van der Waals surface area (Å²) in [6.45, 7) is 4.29. The van der Waals surface area contributed by atoms with E-state index in [1.165, 1.54) is 6.20 Å². The number of carbonyl (C=O) groups excluding carboxylic acids is 2. The first-order valence-corrected chi connectivity index (χ1v) is 8.81. The van der Waals surface area contributed by atoms with Gasteiger partial charge in [-0.3, -0.25) is 14.6 Å². The van der Waals surface area contributed by atoms with Gasteiger partial charge in [0.05, 0.1) is 25.1 Å². The number of amides is 2. The molecule has 1 atom stereocenters. The molecule has 0 aromatic carbocycles. The Labute approximate surface area is 147 Å². The molecule has 2 fully saturated rings. The summed E-state index contributed by atoms with van der Waals surface area (Å²) in [6.07, 6.45) is 5.43. The summed E-state index contributed by atoms with van der Waals surface area (Å²) in [6, 6.07) is 0. The van der Waals surface area contributed by atoms with Crippen molar-refractivity contribution in [3.8, 4) is 0 Å². The Balaban J connectivity index is 1.61. The molecular weight excluding hydrogens is 322 g/mol. The topological polar surface area (TPSA) is 110 Å². The molecule has 25 heavy (non-hydrogen) atoms. The monoisotopic (exact) mass is 347 g/mol. The first kappa shape index (κ1) is 17.8. The van der Waals surface area contributed by atoms with Gasteiger partial charge in [0.15, 0.2) is 0 Å². The number of aromatic nitrogens is 2. The maximum absolute atomic E-state index is 12.8. The summed E-state index contributed by atoms with van der Waals surface area (Å²) in [4.78, 5) is 34.1. The average molecular weight is 347 g/mol. The second kappa shape index (κ2) is 8.35. The van der Waals surface area contributed by atoms with Crippen LogP contribution in [0.4, 0.5) is 0 Å². The van der Waals surface area contributed by atoms with Crippen LogP contribution in [0.3, 0.4) is 0 Å². The molecule has 3 rings (SSSR count). The number of nitrogens with one attached hydrogen (secondary N) is 1. The Morgan fingerprint density at radius 1 is 1.28 bits per heavy atom. The largest absolute Gasteiger partial charge is 0.379 e. The SMILES string of the molecule is NC(=O)c1cnc(C[C@H]2COCCN(C(=O)C3CCNCC3)C2)cn1. The zero-order valence-corrected chi connectivity index (χ0v) is 14.3. The highest BCUT2D eigenvalue weighted by atomic mass is 16.5. The Morgan fingerprint density at radius 3 is 2.76 bits per heavy atom. The van der Waals surface area contributed by atoms with Gasteiger partial charge in [-0.25, -0.2) is 4.98 Å². The zero-order valence-electron chi connectivity index (χ0n) is 14.3. The van der Waals surface area contributed by atoms with Crippen molar-refractivity contribution in [2.75, 3.05) is 39.4 Å². The van der Waals surface area contributed by atoms with Gasteiger partial charge < -0.3 is 20.7 Å². The standard InChI is InChI=1S/C17H25N5O3/c18-16(23)15-9-20-14(8-21-15)7-12-10-22(5-6-25-11-12)17(24)13-1-3-19-4-2-13/h8-9,12-13,19H,1-7,10-11H2,(H2,18,23)/t12-/m1/s1. The van der Waals surface area contributed by atoms with Crippen molar-refractivity contribution in [3.05, 3.63) is 23.8 Å². The molecule has 2 aliphatic rings. The van der Waals surface area contributed by atoms with Crippen LogP contribution < -0.4 is 11.1 Å². The molecule has 0 bridgehead atoms. The van der Waals surface area contributed by atoms with Crippen LogP contribution in [0.5, 0.6) is 0 Å². The summed E-state index contributed by atoms with van der Waals surface area (Å²) in [7, 11) is 0. The van der Waals surface area contributed by atoms with Gasteiger partial charge in [0.25, 0.3) is 5.91 Å². The fraction of sp³-hybridized carbons (Fsp3) is 0.647. The number of nitrogens with zero attached hydrogens (tertiary/aromatic N) is 3. The van der Waals surface area contributed by atoms with Crippen LogP contribution in [-0.2, 0) is 16.0 Å². The number of piperidine rings is 1. The summed E-state index contributed by atoms with van der Waals surface area (Å²) in [5.74, 6) is -0.0562. The smallest absolute Gasteiger partial charge is 0.268 e. The van der Waals surface area contributed by atoms with E-state index < -0.39 is 5.91 Å². The van der Waals surface area contributed by atoms with Gasteiger partial charge in [0.1, 0.15) is 5.69 Å². The first-order valence-electron chi connectivity index (χ1n) is 8.81. The van der Waals surface area contributed by atoms with E-state index in [9.17, 15) is 9.59 Å². The van der Waals surface area contributed by atoms with Crippen LogP contribution in [0.15, 0.2) is 12.4 Å². The second-order valence-corrected chi connectivity index (χ2v) is 6.71. The molecule has 8 nitrogen and oxygen atoms in total. The Kier molecular flexibility index (Phi) is 5.93. The van der Waals surface area contributed by atoms with E-state index in [1.807, 2.05) is 4.90 Å². The lowest BCUT2D eigenvalue weighted by atomic mass is 9.95. The number of hydrogen-bond donors (Lipinski definition) is 2. The van der Waals surface area contributed by atoms with Gasteiger partial charge in [-0.1, -0.05) is 0 Å². The van der Waals surface area contributed by atoms with Crippen molar-refractivity contribution in [2.45, 2.75) is 19.3 Å². The number of carbonyl (C=O) groups is 2. The van der Waals surface area contributed by atoms with Gasteiger partial charge in [-0.15, -0.1) is 0 Å². The molecule has 2 saturated heterocycles. The quantitative estimate of drug-likeness (QED) is 0.766. The van der Waals surface area contributed by atoms with Crippen LogP contribution in [-0.4, -0.2) is 66.1 Å². The Bertz CT molecular complexity index is 601. The van der Waals surface area contributed by atoms with Gasteiger partial charge in [0, 0.05) is 31.1 Å². The van der Waals surface area contributed by atoms with Crippen molar-refractivity contribution in [1.29, 1.82) is 0 Å². The predicted octanol–water partition coefficient (Wildman–Crippen LogP) is -0.407. The minimum atomic E-state index is -0.587. The van der Waals surface area contributed by atoms with Gasteiger partial charge in [-0.2, -0.15) is 0 Å². The van der Waals surface area contributed by atoms with Gasteiger partial charge in [-0.05, 0) is 32.4 Å². The minimum Gasteiger partial charge on any atom is -0.379 e. The average Bonchev–Trinajstić information content (AvgIpc) is 2.88. The third-order valence-electron chi connectivity index (χ3n) is 4.79. The van der Waals surface area contributed by atoms with Gasteiger partial charge in [0.2, 0.25) is 5.91 Å². The van der Waals surface area contributed by atoms with E-state index in [0.29, 0.717) is 32.7 Å². The highest BCUT2D eigenvalue weighted by molar-refractivity contribution is 5.90. The molecule has 0 radical (unpaired) electrons. The van der Waals surface area contributed by atoms with Gasteiger partial charge >= 0.3 is 0 Å². The molecule has 2 aliphatic heterocycles. The maximum Gasteiger partial charge on any atom is 0.268 e. The molecule has 1 aromatic heterocycles. The highest BCUT2D eigenvalue weighted by Crippen LogP contribution is 2.19. The molecule has 2 amide bonds. The summed E-state index contributed by atoms with van der Waals surface area (Å²) in [5, 5.41) is 3.30. The normalized spacial score (nSPS) is 22.4.